The predicted molar refractivity (Wildman–Crippen MR) is 117 cm³/mol. The monoisotopic (exact) mass is 435 g/mol. The maximum absolute atomic E-state index is 14.0. The third-order valence-electron chi connectivity index (χ3n) is 5.78. The van der Waals surface area contributed by atoms with E-state index >= 15 is 0 Å². The lowest BCUT2D eigenvalue weighted by Gasteiger charge is -2.26. The molecule has 9 heteroatoms. The summed E-state index contributed by atoms with van der Waals surface area (Å²) >= 11 is 0. The van der Waals surface area contributed by atoms with Gasteiger partial charge < -0.3 is 20.7 Å². The molecular weight excluding hydrogens is 413 g/mol. The van der Waals surface area contributed by atoms with Crippen LogP contribution in [0.4, 0.5) is 10.2 Å². The van der Waals surface area contributed by atoms with Crippen LogP contribution in [0, 0.1) is 5.82 Å². The number of hydrogen-bond acceptors (Lipinski definition) is 7. The number of hydrogen-bond donors (Lipinski definition) is 3. The highest BCUT2D eigenvalue weighted by molar-refractivity contribution is 5.98. The van der Waals surface area contributed by atoms with Crippen LogP contribution in [0.15, 0.2) is 48.8 Å². The zero-order valence-electron chi connectivity index (χ0n) is 17.1. The number of phenolic OH excluding ortho intramolecular Hbond substituents is 1. The minimum atomic E-state index is -0.819. The molecule has 0 saturated heterocycles. The quantitative estimate of drug-likeness (QED) is 0.440. The average Bonchev–Trinajstić information content (AvgIpc) is 3.19. The smallest absolute Gasteiger partial charge is 0.207 e. The van der Waals surface area contributed by atoms with Gasteiger partial charge in [0.2, 0.25) is 5.82 Å². The van der Waals surface area contributed by atoms with Gasteiger partial charge in [0.1, 0.15) is 23.6 Å². The number of benzene rings is 2. The number of nitrogens with two attached hydrogens (primary N) is 1. The summed E-state index contributed by atoms with van der Waals surface area (Å²) in [5.74, 6) is -0.627. The number of halogens is 1. The number of phenols is 1. The van der Waals surface area contributed by atoms with Crippen LogP contribution in [0.3, 0.4) is 0 Å². The van der Waals surface area contributed by atoms with E-state index in [1.54, 1.807) is 24.3 Å². The Kier molecular flexibility index (Phi) is 5.10. The lowest BCUT2D eigenvalue weighted by molar-refractivity contribution is 0.101. The van der Waals surface area contributed by atoms with Crippen LogP contribution in [0.25, 0.3) is 22.3 Å². The summed E-state index contributed by atoms with van der Waals surface area (Å²) in [6.07, 6.45) is 4.29. The second-order valence-electron chi connectivity index (χ2n) is 7.94. The van der Waals surface area contributed by atoms with Crippen molar-refractivity contribution < 1.29 is 19.3 Å². The van der Waals surface area contributed by atoms with Crippen molar-refractivity contribution >= 4 is 16.9 Å². The second kappa shape index (κ2) is 8.08. The molecular formula is C23H22FN5O3. The third-order valence-corrected chi connectivity index (χ3v) is 5.78. The Hall–Kier alpha value is -3.72. The van der Waals surface area contributed by atoms with Crippen molar-refractivity contribution in [2.75, 3.05) is 5.73 Å². The molecule has 1 fully saturated rings. The molecule has 1 aliphatic carbocycles. The number of ether oxygens (including phenoxy) is 1. The van der Waals surface area contributed by atoms with Crippen LogP contribution < -0.4 is 10.5 Å². The average molecular weight is 435 g/mol. The van der Waals surface area contributed by atoms with E-state index in [0.717, 1.165) is 24.8 Å². The fourth-order valence-electron chi connectivity index (χ4n) is 4.20. The van der Waals surface area contributed by atoms with E-state index in [1.807, 2.05) is 4.68 Å². The highest BCUT2D eigenvalue weighted by atomic mass is 19.1. The topological polar surface area (TPSA) is 119 Å². The molecule has 164 valence electrons. The molecule has 4 aromatic rings. The number of aliphatic hydroxyl groups excluding tert-OH is 1. The van der Waals surface area contributed by atoms with E-state index in [-0.39, 0.29) is 17.9 Å². The number of anilines is 1. The van der Waals surface area contributed by atoms with Gasteiger partial charge >= 0.3 is 0 Å². The molecule has 0 bridgehead atoms. The van der Waals surface area contributed by atoms with Gasteiger partial charge in [0.15, 0.2) is 17.1 Å². The molecule has 5 rings (SSSR count). The fourth-order valence-corrected chi connectivity index (χ4v) is 4.20. The van der Waals surface area contributed by atoms with Crippen molar-refractivity contribution in [1.29, 1.82) is 0 Å². The summed E-state index contributed by atoms with van der Waals surface area (Å²) in [7, 11) is 0. The van der Waals surface area contributed by atoms with Crippen LogP contribution in [-0.4, -0.2) is 36.1 Å². The van der Waals surface area contributed by atoms with Gasteiger partial charge in [0.05, 0.1) is 17.5 Å². The highest BCUT2D eigenvalue weighted by Crippen LogP contribution is 2.37. The molecule has 32 heavy (non-hydrogen) atoms. The van der Waals surface area contributed by atoms with Crippen LogP contribution in [0.5, 0.6) is 17.2 Å². The predicted octanol–water partition coefficient (Wildman–Crippen LogP) is 4.19. The molecule has 0 amide bonds. The van der Waals surface area contributed by atoms with Gasteiger partial charge in [0.25, 0.3) is 0 Å². The van der Waals surface area contributed by atoms with Crippen LogP contribution in [-0.2, 0) is 0 Å². The molecule has 2 heterocycles. The fraction of sp³-hybridized carbons (Fsp3) is 0.261. The van der Waals surface area contributed by atoms with Gasteiger partial charge in [-0.15, -0.1) is 0 Å². The first-order valence-corrected chi connectivity index (χ1v) is 10.4. The van der Waals surface area contributed by atoms with Gasteiger partial charge in [-0.3, -0.25) is 0 Å². The van der Waals surface area contributed by atoms with E-state index in [0.29, 0.717) is 34.7 Å². The summed E-state index contributed by atoms with van der Waals surface area (Å²) in [5, 5.41) is 25.1. The third kappa shape index (κ3) is 3.60. The van der Waals surface area contributed by atoms with Gasteiger partial charge in [-0.05, 0) is 62.1 Å². The number of fused-ring (bicyclic) bond motifs is 1. The molecule has 0 radical (unpaired) electrons. The lowest BCUT2D eigenvalue weighted by Crippen LogP contribution is -2.23. The molecule has 1 aliphatic rings. The SMILES string of the molecule is Nc1ncnc2c1c(-c1ccc(Oc3cccc(O)c3F)cc1)nn2C1CCCC(O)C1. The van der Waals surface area contributed by atoms with Crippen molar-refractivity contribution in [2.24, 2.45) is 0 Å². The number of rotatable bonds is 4. The zero-order valence-corrected chi connectivity index (χ0v) is 17.1. The van der Waals surface area contributed by atoms with E-state index in [4.69, 9.17) is 15.6 Å². The molecule has 2 unspecified atom stereocenters. The van der Waals surface area contributed by atoms with Crippen LogP contribution in [0.2, 0.25) is 0 Å². The summed E-state index contributed by atoms with van der Waals surface area (Å²) in [6.45, 7) is 0. The molecule has 2 atom stereocenters. The second-order valence-corrected chi connectivity index (χ2v) is 7.94. The Bertz CT molecular complexity index is 1270. The van der Waals surface area contributed by atoms with E-state index in [9.17, 15) is 14.6 Å². The number of nitrogen functional groups attached to an aromatic ring is 1. The van der Waals surface area contributed by atoms with E-state index in [1.165, 1.54) is 24.5 Å². The molecule has 1 saturated carbocycles. The number of aromatic nitrogens is 4. The number of aromatic hydroxyl groups is 1. The Labute approximate surface area is 183 Å². The van der Waals surface area contributed by atoms with Gasteiger partial charge in [-0.25, -0.2) is 14.6 Å². The van der Waals surface area contributed by atoms with Crippen molar-refractivity contribution in [3.8, 4) is 28.5 Å². The summed E-state index contributed by atoms with van der Waals surface area (Å²) in [5.41, 5.74) is 8.22. The Morgan fingerprint density at radius 3 is 2.69 bits per heavy atom. The van der Waals surface area contributed by atoms with Crippen molar-refractivity contribution in [1.82, 2.24) is 19.7 Å². The Morgan fingerprint density at radius 2 is 1.91 bits per heavy atom. The van der Waals surface area contributed by atoms with Gasteiger partial charge in [0, 0.05) is 5.56 Å². The zero-order chi connectivity index (χ0) is 22.2. The summed E-state index contributed by atoms with van der Waals surface area (Å²) < 4.78 is 21.4. The van der Waals surface area contributed by atoms with Gasteiger partial charge in [-0.2, -0.15) is 9.49 Å². The minimum absolute atomic E-state index is 0.0284. The summed E-state index contributed by atoms with van der Waals surface area (Å²) in [4.78, 5) is 8.55. The van der Waals surface area contributed by atoms with E-state index in [2.05, 4.69) is 9.97 Å². The van der Waals surface area contributed by atoms with Crippen LogP contribution >= 0.6 is 0 Å². The van der Waals surface area contributed by atoms with Crippen molar-refractivity contribution in [2.45, 2.75) is 37.8 Å². The highest BCUT2D eigenvalue weighted by Gasteiger charge is 2.26. The molecule has 8 nitrogen and oxygen atoms in total. The van der Waals surface area contributed by atoms with E-state index < -0.39 is 11.6 Å². The Balaban J connectivity index is 1.51. The van der Waals surface area contributed by atoms with Crippen molar-refractivity contribution in [3.05, 3.63) is 54.6 Å². The van der Waals surface area contributed by atoms with Crippen molar-refractivity contribution in [3.63, 3.8) is 0 Å². The van der Waals surface area contributed by atoms with Gasteiger partial charge in [-0.1, -0.05) is 6.07 Å². The Morgan fingerprint density at radius 1 is 1.09 bits per heavy atom. The molecule has 0 spiro atoms. The van der Waals surface area contributed by atoms with Crippen LogP contribution in [0.1, 0.15) is 31.7 Å². The lowest BCUT2D eigenvalue weighted by atomic mass is 9.93. The first-order valence-electron chi connectivity index (χ1n) is 10.4. The number of nitrogens with zero attached hydrogens (tertiary/aromatic N) is 4. The molecule has 4 N–H and O–H groups in total. The maximum atomic E-state index is 14.0. The maximum Gasteiger partial charge on any atom is 0.207 e. The molecule has 2 aromatic heterocycles. The first-order chi connectivity index (χ1) is 15.5. The standard InChI is InChI=1S/C23H22FN5O3/c24-20-17(31)5-2-6-18(20)32-16-9-7-13(8-10-16)21-19-22(25)26-12-27-23(19)29(28-21)14-3-1-4-15(30)11-14/h2,5-10,12,14-15,30-31H,1,3-4,11H2,(H2,25,26,27). The largest absolute Gasteiger partial charge is 0.505 e. The summed E-state index contributed by atoms with van der Waals surface area (Å²) in [6, 6.07) is 11.2. The molecule has 0 aliphatic heterocycles. The normalized spacial score (nSPS) is 18.7. The number of aliphatic hydroxyl groups is 1. The minimum Gasteiger partial charge on any atom is -0.505 e. The first kappa shape index (κ1) is 20.2. The molecule has 2 aromatic carbocycles.